The summed E-state index contributed by atoms with van der Waals surface area (Å²) in [6, 6.07) is 9.92. The van der Waals surface area contributed by atoms with Gasteiger partial charge in [-0.1, -0.05) is 6.07 Å². The largest absolute Gasteiger partial charge is 0.507 e. The third-order valence-corrected chi connectivity index (χ3v) is 5.25. The van der Waals surface area contributed by atoms with Gasteiger partial charge < -0.3 is 15.2 Å². The normalized spacial score (nSPS) is 24.1. The molecule has 5 rings (SSSR count). The Morgan fingerprint density at radius 1 is 1.00 bits per heavy atom. The Balaban J connectivity index is 1.31. The molecule has 0 saturated carbocycles. The van der Waals surface area contributed by atoms with Gasteiger partial charge in [-0.15, -0.1) is 15.3 Å². The summed E-state index contributed by atoms with van der Waals surface area (Å²) < 4.78 is 6.02. The van der Waals surface area contributed by atoms with Crippen molar-refractivity contribution >= 4 is 0 Å². The number of H-pyrrole nitrogens is 1. The zero-order valence-corrected chi connectivity index (χ0v) is 14.5. The second-order valence-corrected chi connectivity index (χ2v) is 7.09. The van der Waals surface area contributed by atoms with Crippen LogP contribution < -0.4 is 10.1 Å². The van der Waals surface area contributed by atoms with Crippen LogP contribution in [0.1, 0.15) is 25.7 Å². The SMILES string of the molecule is Oc1cc(-c2nnn[nH]2)ccc1-c1ccc(O[C@@H]2C[C@H]3CC[C@@H](C2)N3)nn1. The van der Waals surface area contributed by atoms with Crippen LogP contribution in [0.5, 0.6) is 11.6 Å². The fourth-order valence-electron chi connectivity index (χ4n) is 3.98. The number of aromatic amines is 1. The van der Waals surface area contributed by atoms with Gasteiger partial charge in [0.05, 0.1) is 5.69 Å². The Kier molecular flexibility index (Phi) is 3.93. The minimum Gasteiger partial charge on any atom is -0.507 e. The van der Waals surface area contributed by atoms with E-state index in [1.54, 1.807) is 18.2 Å². The summed E-state index contributed by atoms with van der Waals surface area (Å²) in [6.45, 7) is 0. The van der Waals surface area contributed by atoms with Crippen molar-refractivity contribution in [2.24, 2.45) is 0 Å². The first kappa shape index (κ1) is 16.1. The molecule has 4 heterocycles. The molecule has 1 aromatic carbocycles. The molecule has 2 bridgehead atoms. The van der Waals surface area contributed by atoms with Gasteiger partial charge in [0.2, 0.25) is 5.88 Å². The van der Waals surface area contributed by atoms with E-state index in [0.29, 0.717) is 40.6 Å². The highest BCUT2D eigenvalue weighted by atomic mass is 16.5. The Morgan fingerprint density at radius 3 is 2.52 bits per heavy atom. The fraction of sp³-hybridized carbons (Fsp3) is 0.389. The van der Waals surface area contributed by atoms with Gasteiger partial charge in [0, 0.05) is 29.3 Å². The number of piperidine rings is 1. The van der Waals surface area contributed by atoms with Crippen molar-refractivity contribution in [2.75, 3.05) is 0 Å². The van der Waals surface area contributed by atoms with E-state index in [1.165, 1.54) is 12.8 Å². The van der Waals surface area contributed by atoms with Crippen molar-refractivity contribution in [1.29, 1.82) is 0 Å². The molecule has 3 N–H and O–H groups in total. The lowest BCUT2D eigenvalue weighted by molar-refractivity contribution is 0.130. The van der Waals surface area contributed by atoms with Crippen LogP contribution in [0.2, 0.25) is 0 Å². The van der Waals surface area contributed by atoms with Crippen molar-refractivity contribution in [3.8, 4) is 34.3 Å². The maximum absolute atomic E-state index is 10.4. The molecule has 3 atom stereocenters. The van der Waals surface area contributed by atoms with E-state index in [0.717, 1.165) is 12.8 Å². The number of aromatic nitrogens is 6. The van der Waals surface area contributed by atoms with Crippen LogP contribution in [-0.2, 0) is 0 Å². The highest BCUT2D eigenvalue weighted by molar-refractivity contribution is 5.71. The predicted octanol–water partition coefficient (Wildman–Crippen LogP) is 1.69. The molecule has 0 amide bonds. The van der Waals surface area contributed by atoms with Gasteiger partial charge in [0.15, 0.2) is 5.82 Å². The van der Waals surface area contributed by atoms with Gasteiger partial charge in [-0.3, -0.25) is 0 Å². The summed E-state index contributed by atoms with van der Waals surface area (Å²) in [7, 11) is 0. The Labute approximate surface area is 155 Å². The second kappa shape index (κ2) is 6.58. The molecule has 9 nitrogen and oxygen atoms in total. The van der Waals surface area contributed by atoms with E-state index in [4.69, 9.17) is 4.74 Å². The maximum atomic E-state index is 10.4. The minimum atomic E-state index is 0.0850. The number of nitrogens with zero attached hydrogens (tertiary/aromatic N) is 5. The molecule has 9 heteroatoms. The lowest BCUT2D eigenvalue weighted by Crippen LogP contribution is -2.42. The Bertz CT molecular complexity index is 917. The molecule has 27 heavy (non-hydrogen) atoms. The zero-order chi connectivity index (χ0) is 18.2. The van der Waals surface area contributed by atoms with Crippen molar-refractivity contribution in [1.82, 2.24) is 36.1 Å². The standard InChI is InChI=1S/C18H19N7O2/c26-16-7-10(18-22-24-25-23-18)1-4-14(16)15-5-6-17(21-20-15)27-13-8-11-2-3-12(9-13)19-11/h1,4-7,11-13,19,26H,2-3,8-9H2,(H,22,23,24,25)/t11-,12+,13-. The molecule has 3 aromatic rings. The number of hydrogen-bond donors (Lipinski definition) is 3. The maximum Gasteiger partial charge on any atom is 0.233 e. The quantitative estimate of drug-likeness (QED) is 0.638. The number of benzene rings is 1. The summed E-state index contributed by atoms with van der Waals surface area (Å²) >= 11 is 0. The molecule has 2 aromatic heterocycles. The van der Waals surface area contributed by atoms with Crippen LogP contribution in [0, 0.1) is 0 Å². The molecule has 2 fully saturated rings. The lowest BCUT2D eigenvalue weighted by atomic mass is 10.0. The first-order valence-electron chi connectivity index (χ1n) is 9.08. The lowest BCUT2D eigenvalue weighted by Gasteiger charge is -2.28. The molecule has 2 aliphatic heterocycles. The highest BCUT2D eigenvalue weighted by Crippen LogP contribution is 2.32. The number of hydrogen-bond acceptors (Lipinski definition) is 8. The number of fused-ring (bicyclic) bond motifs is 2. The first-order chi connectivity index (χ1) is 13.2. The summed E-state index contributed by atoms with van der Waals surface area (Å²) in [5, 5.41) is 35.9. The number of tetrazole rings is 1. The van der Waals surface area contributed by atoms with E-state index in [-0.39, 0.29) is 11.9 Å². The number of aromatic hydroxyl groups is 1. The van der Waals surface area contributed by atoms with E-state index in [1.807, 2.05) is 12.1 Å². The summed E-state index contributed by atoms with van der Waals surface area (Å²) in [5.74, 6) is 1.10. The number of phenolic OH excluding ortho intramolecular Hbond substituents is 1. The van der Waals surface area contributed by atoms with Crippen molar-refractivity contribution in [2.45, 2.75) is 43.9 Å². The third-order valence-electron chi connectivity index (χ3n) is 5.25. The topological polar surface area (TPSA) is 122 Å². The molecule has 0 aliphatic carbocycles. The van der Waals surface area contributed by atoms with E-state index >= 15 is 0 Å². The minimum absolute atomic E-state index is 0.0850. The molecule has 0 radical (unpaired) electrons. The molecule has 0 unspecified atom stereocenters. The van der Waals surface area contributed by atoms with Gasteiger partial charge in [-0.2, -0.15) is 0 Å². The van der Waals surface area contributed by atoms with Gasteiger partial charge in [-0.05, 0) is 54.3 Å². The van der Waals surface area contributed by atoms with Crippen molar-refractivity contribution in [3.63, 3.8) is 0 Å². The van der Waals surface area contributed by atoms with E-state index in [2.05, 4.69) is 36.1 Å². The van der Waals surface area contributed by atoms with Gasteiger partial charge >= 0.3 is 0 Å². The fourth-order valence-corrected chi connectivity index (χ4v) is 3.98. The third kappa shape index (κ3) is 3.21. The monoisotopic (exact) mass is 365 g/mol. The summed E-state index contributed by atoms with van der Waals surface area (Å²) in [5.41, 5.74) is 1.85. The van der Waals surface area contributed by atoms with E-state index < -0.39 is 0 Å². The number of phenols is 1. The van der Waals surface area contributed by atoms with Crippen LogP contribution in [0.4, 0.5) is 0 Å². The van der Waals surface area contributed by atoms with Crippen LogP contribution in [0.25, 0.3) is 22.6 Å². The summed E-state index contributed by atoms with van der Waals surface area (Å²) in [6.07, 6.45) is 4.67. The Hall–Kier alpha value is -3.07. The average molecular weight is 365 g/mol. The van der Waals surface area contributed by atoms with Crippen LogP contribution in [0.3, 0.4) is 0 Å². The molecular formula is C18H19N7O2. The summed E-state index contributed by atoms with van der Waals surface area (Å²) in [4.78, 5) is 0. The average Bonchev–Trinajstić information content (AvgIpc) is 3.32. The molecule has 0 spiro atoms. The van der Waals surface area contributed by atoms with Gasteiger partial charge in [0.25, 0.3) is 0 Å². The predicted molar refractivity (Wildman–Crippen MR) is 95.9 cm³/mol. The highest BCUT2D eigenvalue weighted by Gasteiger charge is 2.34. The van der Waals surface area contributed by atoms with Crippen molar-refractivity contribution < 1.29 is 9.84 Å². The molecule has 2 saturated heterocycles. The second-order valence-electron chi connectivity index (χ2n) is 7.09. The van der Waals surface area contributed by atoms with E-state index in [9.17, 15) is 5.11 Å². The number of nitrogens with one attached hydrogen (secondary N) is 2. The van der Waals surface area contributed by atoms with Gasteiger partial charge in [-0.25, -0.2) is 5.10 Å². The van der Waals surface area contributed by atoms with Crippen LogP contribution >= 0.6 is 0 Å². The van der Waals surface area contributed by atoms with Crippen molar-refractivity contribution in [3.05, 3.63) is 30.3 Å². The molecular weight excluding hydrogens is 346 g/mol. The van der Waals surface area contributed by atoms with Gasteiger partial charge in [0.1, 0.15) is 11.9 Å². The van der Waals surface area contributed by atoms with Crippen LogP contribution in [-0.4, -0.2) is 54.1 Å². The number of rotatable bonds is 4. The molecule has 2 aliphatic rings. The number of ether oxygens (including phenoxy) is 1. The smallest absolute Gasteiger partial charge is 0.233 e. The Morgan fingerprint density at radius 2 is 1.85 bits per heavy atom. The first-order valence-corrected chi connectivity index (χ1v) is 9.08. The zero-order valence-electron chi connectivity index (χ0n) is 14.5. The van der Waals surface area contributed by atoms with Crippen LogP contribution in [0.15, 0.2) is 30.3 Å². The molecule has 138 valence electrons.